The summed E-state index contributed by atoms with van der Waals surface area (Å²) in [6.07, 6.45) is 6.14. The molecule has 1 amide bonds. The second kappa shape index (κ2) is 8.14. The van der Waals surface area contributed by atoms with Crippen molar-refractivity contribution in [2.24, 2.45) is 11.8 Å². The molecule has 1 saturated heterocycles. The maximum atomic E-state index is 12.5. The molecular weight excluding hydrogens is 266 g/mol. The summed E-state index contributed by atoms with van der Waals surface area (Å²) in [6, 6.07) is 0.221. The first-order chi connectivity index (χ1) is 10.1. The van der Waals surface area contributed by atoms with Crippen molar-refractivity contribution in [2.45, 2.75) is 65.0 Å². The lowest BCUT2D eigenvalue weighted by Gasteiger charge is -2.37. The number of amides is 1. The first-order valence-corrected chi connectivity index (χ1v) is 8.56. The van der Waals surface area contributed by atoms with Crippen LogP contribution in [0, 0.1) is 11.8 Å². The summed E-state index contributed by atoms with van der Waals surface area (Å²) >= 11 is 0. The Morgan fingerprint density at radius 2 is 2.10 bits per heavy atom. The van der Waals surface area contributed by atoms with Crippen molar-refractivity contribution >= 4 is 5.91 Å². The van der Waals surface area contributed by atoms with Gasteiger partial charge < -0.3 is 14.4 Å². The number of hydrogen-bond acceptors (Lipinski definition) is 3. The van der Waals surface area contributed by atoms with E-state index in [1.165, 1.54) is 19.3 Å². The fourth-order valence-corrected chi connectivity index (χ4v) is 3.51. The molecule has 0 aromatic heterocycles. The minimum Gasteiger partial charge on any atom is -0.377 e. The first kappa shape index (κ1) is 16.8. The lowest BCUT2D eigenvalue weighted by atomic mass is 9.88. The normalized spacial score (nSPS) is 30.7. The summed E-state index contributed by atoms with van der Waals surface area (Å²) in [6.45, 7) is 8.90. The van der Waals surface area contributed by atoms with Crippen molar-refractivity contribution in [1.82, 2.24) is 4.90 Å². The van der Waals surface area contributed by atoms with Crippen LogP contribution in [0.5, 0.6) is 0 Å². The van der Waals surface area contributed by atoms with Crippen LogP contribution >= 0.6 is 0 Å². The second-order valence-corrected chi connectivity index (χ2v) is 7.06. The molecule has 0 aromatic carbocycles. The molecule has 2 fully saturated rings. The smallest absolute Gasteiger partial charge is 0.248 e. The Labute approximate surface area is 129 Å². The molecule has 0 spiro atoms. The number of hydrogen-bond donors (Lipinski definition) is 0. The van der Waals surface area contributed by atoms with Crippen LogP contribution in [0.4, 0.5) is 0 Å². The lowest BCUT2D eigenvalue weighted by molar-refractivity contribution is -0.149. The molecule has 3 atom stereocenters. The van der Waals surface area contributed by atoms with Crippen molar-refractivity contribution in [3.8, 4) is 0 Å². The van der Waals surface area contributed by atoms with Crippen LogP contribution in [0.25, 0.3) is 0 Å². The number of morpholine rings is 1. The number of nitrogens with zero attached hydrogens (tertiary/aromatic N) is 1. The minimum atomic E-state index is 0.140. The van der Waals surface area contributed by atoms with Crippen molar-refractivity contribution in [1.29, 1.82) is 0 Å². The summed E-state index contributed by atoms with van der Waals surface area (Å²) in [7, 11) is 0. The minimum absolute atomic E-state index is 0.140. The molecule has 1 saturated carbocycles. The summed E-state index contributed by atoms with van der Waals surface area (Å²) in [5.41, 5.74) is 0. The average Bonchev–Trinajstić information content (AvgIpc) is 2.46. The van der Waals surface area contributed by atoms with Crippen LogP contribution < -0.4 is 0 Å². The predicted octanol–water partition coefficient (Wildman–Crippen LogP) is 2.86. The molecule has 0 unspecified atom stereocenters. The van der Waals surface area contributed by atoms with Gasteiger partial charge in [0, 0.05) is 6.54 Å². The van der Waals surface area contributed by atoms with Gasteiger partial charge >= 0.3 is 0 Å². The molecule has 4 nitrogen and oxygen atoms in total. The fraction of sp³-hybridized carbons (Fsp3) is 0.941. The van der Waals surface area contributed by atoms with Crippen LogP contribution in [0.15, 0.2) is 0 Å². The van der Waals surface area contributed by atoms with E-state index in [9.17, 15) is 4.79 Å². The first-order valence-electron chi connectivity index (χ1n) is 8.56. The van der Waals surface area contributed by atoms with Crippen LogP contribution in [0.2, 0.25) is 0 Å². The topological polar surface area (TPSA) is 38.8 Å². The summed E-state index contributed by atoms with van der Waals surface area (Å²) in [5.74, 6) is 1.30. The van der Waals surface area contributed by atoms with Crippen LogP contribution in [-0.4, -0.2) is 49.3 Å². The summed E-state index contributed by atoms with van der Waals surface area (Å²) < 4.78 is 11.5. The molecule has 122 valence electrons. The Hall–Kier alpha value is -0.610. The zero-order valence-electron chi connectivity index (χ0n) is 13.8. The number of rotatable bonds is 5. The van der Waals surface area contributed by atoms with E-state index in [2.05, 4.69) is 20.8 Å². The second-order valence-electron chi connectivity index (χ2n) is 7.06. The highest BCUT2D eigenvalue weighted by Gasteiger charge is 2.29. The Bertz CT molecular complexity index is 332. The van der Waals surface area contributed by atoms with Gasteiger partial charge in [-0.3, -0.25) is 4.79 Å². The van der Waals surface area contributed by atoms with Gasteiger partial charge in [-0.05, 0) is 31.1 Å². The summed E-state index contributed by atoms with van der Waals surface area (Å²) in [4.78, 5) is 14.5. The van der Waals surface area contributed by atoms with Crippen molar-refractivity contribution in [2.75, 3.05) is 26.4 Å². The quantitative estimate of drug-likeness (QED) is 0.783. The predicted molar refractivity (Wildman–Crippen MR) is 83.1 cm³/mol. The number of ether oxygens (including phenoxy) is 2. The molecule has 1 aliphatic heterocycles. The molecule has 2 rings (SSSR count). The molecule has 4 heteroatoms. The Morgan fingerprint density at radius 1 is 1.33 bits per heavy atom. The van der Waals surface area contributed by atoms with Crippen molar-refractivity contribution in [3.05, 3.63) is 0 Å². The third-order valence-electron chi connectivity index (χ3n) is 4.75. The van der Waals surface area contributed by atoms with Gasteiger partial charge in [-0.1, -0.05) is 33.6 Å². The van der Waals surface area contributed by atoms with E-state index in [1.807, 2.05) is 4.90 Å². The Morgan fingerprint density at radius 3 is 2.81 bits per heavy atom. The SMILES string of the molecule is CC(C)C[C@@H]1COCCN1C(=O)CO[C@H]1CCCC[C@@H]1C. The highest BCUT2D eigenvalue weighted by molar-refractivity contribution is 5.78. The standard InChI is InChI=1S/C17H31NO3/c1-13(2)10-15-11-20-9-8-18(15)17(19)12-21-16-7-5-4-6-14(16)3/h13-16H,4-12H2,1-3H3/t14-,15+,16-/m0/s1. The van der Waals surface area contributed by atoms with Crippen LogP contribution in [-0.2, 0) is 14.3 Å². The van der Waals surface area contributed by atoms with Gasteiger partial charge in [-0.2, -0.15) is 0 Å². The Kier molecular flexibility index (Phi) is 6.49. The van der Waals surface area contributed by atoms with Gasteiger partial charge in [-0.15, -0.1) is 0 Å². The van der Waals surface area contributed by atoms with Crippen molar-refractivity contribution < 1.29 is 14.3 Å². The van der Waals surface area contributed by atoms with E-state index < -0.39 is 0 Å². The number of carbonyl (C=O) groups excluding carboxylic acids is 1. The van der Waals surface area contributed by atoms with E-state index in [-0.39, 0.29) is 24.7 Å². The van der Waals surface area contributed by atoms with Gasteiger partial charge in [0.05, 0.1) is 25.4 Å². The highest BCUT2D eigenvalue weighted by Crippen LogP contribution is 2.26. The maximum Gasteiger partial charge on any atom is 0.248 e. The Balaban J connectivity index is 1.82. The van der Waals surface area contributed by atoms with Crippen LogP contribution in [0.3, 0.4) is 0 Å². The van der Waals surface area contributed by atoms with E-state index in [0.717, 1.165) is 12.8 Å². The number of carbonyl (C=O) groups is 1. The molecule has 1 heterocycles. The van der Waals surface area contributed by atoms with Gasteiger partial charge in [0.25, 0.3) is 0 Å². The van der Waals surface area contributed by atoms with E-state index in [1.54, 1.807) is 0 Å². The average molecular weight is 297 g/mol. The van der Waals surface area contributed by atoms with Gasteiger partial charge in [0.2, 0.25) is 5.91 Å². The third-order valence-corrected chi connectivity index (χ3v) is 4.75. The largest absolute Gasteiger partial charge is 0.377 e. The van der Waals surface area contributed by atoms with E-state index in [0.29, 0.717) is 31.6 Å². The lowest BCUT2D eigenvalue weighted by Crippen LogP contribution is -2.50. The van der Waals surface area contributed by atoms with Gasteiger partial charge in [0.1, 0.15) is 6.61 Å². The molecule has 0 bridgehead atoms. The molecule has 0 N–H and O–H groups in total. The van der Waals surface area contributed by atoms with Gasteiger partial charge in [-0.25, -0.2) is 0 Å². The maximum absolute atomic E-state index is 12.5. The molecule has 2 aliphatic rings. The molecule has 0 aromatic rings. The van der Waals surface area contributed by atoms with Crippen LogP contribution in [0.1, 0.15) is 52.9 Å². The molecular formula is C17H31NO3. The third kappa shape index (κ3) is 4.96. The van der Waals surface area contributed by atoms with Gasteiger partial charge in [0.15, 0.2) is 0 Å². The fourth-order valence-electron chi connectivity index (χ4n) is 3.51. The molecule has 0 radical (unpaired) electrons. The molecule has 1 aliphatic carbocycles. The highest BCUT2D eigenvalue weighted by atomic mass is 16.5. The molecule has 21 heavy (non-hydrogen) atoms. The zero-order valence-corrected chi connectivity index (χ0v) is 13.8. The van der Waals surface area contributed by atoms with E-state index in [4.69, 9.17) is 9.47 Å². The zero-order chi connectivity index (χ0) is 15.2. The monoisotopic (exact) mass is 297 g/mol. The van der Waals surface area contributed by atoms with Crippen molar-refractivity contribution in [3.63, 3.8) is 0 Å². The van der Waals surface area contributed by atoms with E-state index >= 15 is 0 Å². The summed E-state index contributed by atoms with van der Waals surface area (Å²) in [5, 5.41) is 0.